The summed E-state index contributed by atoms with van der Waals surface area (Å²) in [5.74, 6) is 1.17. The predicted octanol–water partition coefficient (Wildman–Crippen LogP) is 3.27. The van der Waals surface area contributed by atoms with Crippen LogP contribution in [0.2, 0.25) is 0 Å². The van der Waals surface area contributed by atoms with Crippen molar-refractivity contribution in [2.45, 2.75) is 31.6 Å². The van der Waals surface area contributed by atoms with E-state index in [9.17, 15) is 8.42 Å². The largest absolute Gasteiger partial charge is 0.354 e. The maximum absolute atomic E-state index is 12.9. The molecule has 1 aliphatic rings. The van der Waals surface area contributed by atoms with Gasteiger partial charge in [0.25, 0.3) is 10.0 Å². The van der Waals surface area contributed by atoms with Crippen molar-refractivity contribution in [3.8, 4) is 0 Å². The fourth-order valence-corrected chi connectivity index (χ4v) is 4.56. The maximum Gasteiger partial charge on any atom is 0.278 e. The number of hydrogen-bond acceptors (Lipinski definition) is 5. The molecule has 1 aliphatic heterocycles. The first kappa shape index (κ1) is 19.9. The van der Waals surface area contributed by atoms with Crippen molar-refractivity contribution in [2.75, 3.05) is 34.9 Å². The molecule has 1 fully saturated rings. The standard InChI is InChI=1S/C19H25ClN4O2S/c1-14(2)16-4-6-17(7-5-16)27(25,26)24(20)18-13-22-19(12-15(18)3)23-10-8-21-9-11-23/h4-7,12-14,21H,8-11H2,1-3H3. The van der Waals surface area contributed by atoms with Crippen molar-refractivity contribution in [3.63, 3.8) is 0 Å². The second kappa shape index (κ2) is 8.04. The number of nitrogens with one attached hydrogen (secondary N) is 1. The fraction of sp³-hybridized carbons (Fsp3) is 0.421. The van der Waals surface area contributed by atoms with Crippen LogP contribution >= 0.6 is 11.8 Å². The highest BCUT2D eigenvalue weighted by Gasteiger charge is 2.26. The van der Waals surface area contributed by atoms with Gasteiger partial charge in [0.2, 0.25) is 0 Å². The molecule has 0 saturated carbocycles. The van der Waals surface area contributed by atoms with Crippen LogP contribution in [0, 0.1) is 6.92 Å². The Balaban J connectivity index is 1.86. The van der Waals surface area contributed by atoms with E-state index < -0.39 is 10.0 Å². The first-order chi connectivity index (χ1) is 12.8. The molecule has 0 unspecified atom stereocenters. The summed E-state index contributed by atoms with van der Waals surface area (Å²) in [5, 5.41) is 3.30. The Morgan fingerprint density at radius 3 is 2.37 bits per heavy atom. The van der Waals surface area contributed by atoms with Crippen LogP contribution < -0.4 is 14.0 Å². The van der Waals surface area contributed by atoms with Gasteiger partial charge in [-0.25, -0.2) is 4.98 Å². The number of nitrogens with zero attached hydrogens (tertiary/aromatic N) is 3. The molecule has 0 bridgehead atoms. The number of aromatic nitrogens is 1. The maximum atomic E-state index is 12.9. The smallest absolute Gasteiger partial charge is 0.278 e. The molecule has 0 amide bonds. The van der Waals surface area contributed by atoms with Crippen LogP contribution in [0.4, 0.5) is 11.5 Å². The molecule has 0 radical (unpaired) electrons. The number of hydrogen-bond donors (Lipinski definition) is 1. The van der Waals surface area contributed by atoms with Gasteiger partial charge in [0.05, 0.1) is 16.8 Å². The van der Waals surface area contributed by atoms with Gasteiger partial charge in [-0.15, -0.1) is 0 Å². The average Bonchev–Trinajstić information content (AvgIpc) is 2.68. The third-order valence-electron chi connectivity index (χ3n) is 4.75. The van der Waals surface area contributed by atoms with Crippen LogP contribution in [-0.2, 0) is 10.0 Å². The van der Waals surface area contributed by atoms with Crippen molar-refractivity contribution < 1.29 is 8.42 Å². The van der Waals surface area contributed by atoms with Gasteiger partial charge < -0.3 is 10.2 Å². The normalized spacial score (nSPS) is 15.2. The van der Waals surface area contributed by atoms with E-state index in [1.165, 1.54) is 6.20 Å². The minimum Gasteiger partial charge on any atom is -0.354 e. The first-order valence-corrected chi connectivity index (χ1v) is 10.8. The Labute approximate surface area is 166 Å². The van der Waals surface area contributed by atoms with Gasteiger partial charge in [-0.05, 0) is 42.2 Å². The van der Waals surface area contributed by atoms with Crippen LogP contribution in [0.25, 0.3) is 0 Å². The van der Waals surface area contributed by atoms with E-state index in [-0.39, 0.29) is 4.90 Å². The Bertz CT molecular complexity index is 894. The molecule has 0 spiro atoms. The minimum absolute atomic E-state index is 0.160. The molecule has 1 saturated heterocycles. The third kappa shape index (κ3) is 4.20. The summed E-state index contributed by atoms with van der Waals surface area (Å²) >= 11 is 6.26. The lowest BCUT2D eigenvalue weighted by molar-refractivity contribution is 0.585. The number of sulfonamides is 1. The fourth-order valence-electron chi connectivity index (χ4n) is 3.03. The summed E-state index contributed by atoms with van der Waals surface area (Å²) in [6.07, 6.45) is 1.53. The topological polar surface area (TPSA) is 65.5 Å². The number of piperazine rings is 1. The van der Waals surface area contributed by atoms with Gasteiger partial charge in [0, 0.05) is 38.0 Å². The van der Waals surface area contributed by atoms with E-state index in [0.717, 1.165) is 46.9 Å². The number of halogens is 1. The summed E-state index contributed by atoms with van der Waals surface area (Å²) in [5.41, 5.74) is 2.20. The van der Waals surface area contributed by atoms with Gasteiger partial charge in [-0.1, -0.05) is 26.0 Å². The summed E-state index contributed by atoms with van der Waals surface area (Å²) in [7, 11) is -3.86. The van der Waals surface area contributed by atoms with E-state index >= 15 is 0 Å². The van der Waals surface area contributed by atoms with Gasteiger partial charge in [-0.2, -0.15) is 12.2 Å². The molecule has 8 heteroatoms. The van der Waals surface area contributed by atoms with Crippen molar-refractivity contribution in [1.82, 2.24) is 10.3 Å². The number of anilines is 2. The first-order valence-electron chi connectivity index (χ1n) is 9.04. The lowest BCUT2D eigenvalue weighted by Crippen LogP contribution is -2.43. The zero-order valence-corrected chi connectivity index (χ0v) is 17.4. The number of benzene rings is 1. The summed E-state index contributed by atoms with van der Waals surface area (Å²) in [6.45, 7) is 9.53. The van der Waals surface area contributed by atoms with Gasteiger partial charge in [0.15, 0.2) is 0 Å². The van der Waals surface area contributed by atoms with Crippen molar-refractivity contribution in [1.29, 1.82) is 0 Å². The van der Waals surface area contributed by atoms with E-state index in [0.29, 0.717) is 11.6 Å². The molecule has 2 heterocycles. The second-order valence-electron chi connectivity index (χ2n) is 7.01. The molecule has 0 atom stereocenters. The third-order valence-corrected chi connectivity index (χ3v) is 6.97. The molecule has 1 N–H and O–H groups in total. The van der Waals surface area contributed by atoms with Crippen LogP contribution in [0.3, 0.4) is 0 Å². The highest BCUT2D eigenvalue weighted by atomic mass is 35.5. The van der Waals surface area contributed by atoms with Crippen molar-refractivity contribution in [3.05, 3.63) is 47.7 Å². The highest BCUT2D eigenvalue weighted by Crippen LogP contribution is 2.30. The van der Waals surface area contributed by atoms with Gasteiger partial charge in [0.1, 0.15) is 5.82 Å². The highest BCUT2D eigenvalue weighted by molar-refractivity contribution is 7.94. The lowest BCUT2D eigenvalue weighted by Gasteiger charge is -2.29. The molecule has 1 aromatic heterocycles. The van der Waals surface area contributed by atoms with Crippen LogP contribution in [0.15, 0.2) is 41.4 Å². The zero-order chi connectivity index (χ0) is 19.6. The van der Waals surface area contributed by atoms with Crippen molar-refractivity contribution >= 4 is 33.3 Å². The second-order valence-corrected chi connectivity index (χ2v) is 9.33. The SMILES string of the molecule is Cc1cc(N2CCNCC2)ncc1N(Cl)S(=O)(=O)c1ccc(C(C)C)cc1. The van der Waals surface area contributed by atoms with Gasteiger partial charge >= 0.3 is 0 Å². The van der Waals surface area contributed by atoms with Gasteiger partial charge in [-0.3, -0.25) is 0 Å². The molecule has 6 nitrogen and oxygen atoms in total. The van der Waals surface area contributed by atoms with E-state index in [2.05, 4.69) is 29.0 Å². The number of pyridine rings is 1. The Morgan fingerprint density at radius 1 is 1.19 bits per heavy atom. The monoisotopic (exact) mass is 408 g/mol. The van der Waals surface area contributed by atoms with E-state index in [1.54, 1.807) is 12.1 Å². The molecule has 0 aliphatic carbocycles. The molecule has 27 heavy (non-hydrogen) atoms. The quantitative estimate of drug-likeness (QED) is 0.769. The zero-order valence-electron chi connectivity index (χ0n) is 15.8. The summed E-state index contributed by atoms with van der Waals surface area (Å²) in [4.78, 5) is 6.77. The van der Waals surface area contributed by atoms with Crippen LogP contribution in [0.5, 0.6) is 0 Å². The number of rotatable bonds is 5. The van der Waals surface area contributed by atoms with E-state index in [4.69, 9.17) is 11.8 Å². The predicted molar refractivity (Wildman–Crippen MR) is 110 cm³/mol. The Hall–Kier alpha value is -1.83. The Kier molecular flexibility index (Phi) is 5.93. The summed E-state index contributed by atoms with van der Waals surface area (Å²) < 4.78 is 26.6. The van der Waals surface area contributed by atoms with Crippen LogP contribution in [0.1, 0.15) is 30.9 Å². The van der Waals surface area contributed by atoms with E-state index in [1.807, 2.05) is 25.1 Å². The van der Waals surface area contributed by atoms with Crippen LogP contribution in [-0.4, -0.2) is 39.6 Å². The summed E-state index contributed by atoms with van der Waals surface area (Å²) in [6, 6.07) is 8.71. The number of aryl methyl sites for hydroxylation is 1. The minimum atomic E-state index is -3.86. The molecule has 146 valence electrons. The van der Waals surface area contributed by atoms with Crippen molar-refractivity contribution in [2.24, 2.45) is 0 Å². The molecular weight excluding hydrogens is 384 g/mol. The average molecular weight is 409 g/mol. The molecular formula is C19H25ClN4O2S. The Morgan fingerprint density at radius 2 is 1.81 bits per heavy atom. The molecule has 3 rings (SSSR count). The lowest BCUT2D eigenvalue weighted by atomic mass is 10.0. The molecule has 2 aromatic rings. The molecule has 1 aromatic carbocycles.